The monoisotopic (exact) mass is 401 g/mol. The molecule has 1 saturated heterocycles. The molecule has 0 N–H and O–H groups in total. The lowest BCUT2D eigenvalue weighted by atomic mass is 9.53. The number of rotatable bonds is 1. The molecule has 7 rings (SSSR count). The topological polar surface area (TPSA) is 48.3 Å². The number of allylic oxidation sites excluding steroid dienone is 2. The molecule has 4 nitrogen and oxygen atoms in total. The van der Waals surface area contributed by atoms with Crippen molar-refractivity contribution < 1.29 is 14.3 Å². The third-order valence-electron chi connectivity index (χ3n) is 8.30. The Hall–Kier alpha value is -2.62. The zero-order chi connectivity index (χ0) is 20.7. The van der Waals surface area contributed by atoms with Gasteiger partial charge < -0.3 is 9.30 Å². The van der Waals surface area contributed by atoms with E-state index in [1.807, 2.05) is 19.1 Å². The fourth-order valence-corrected chi connectivity index (χ4v) is 7.21. The largest absolute Gasteiger partial charge is 0.386 e. The number of fused-ring (bicyclic) bond motifs is 1. The Balaban J connectivity index is 1.60. The SMILES string of the molecule is C/C(=C1/C(=O)OC(=O)C1=C1C2CC3CC(C2)CC1C3)c1c(C)n(C)c2ccccc12. The molecule has 1 aromatic carbocycles. The highest BCUT2D eigenvalue weighted by molar-refractivity contribution is 6.23. The molecule has 0 radical (unpaired) electrons. The van der Waals surface area contributed by atoms with Gasteiger partial charge in [0.2, 0.25) is 0 Å². The molecule has 30 heavy (non-hydrogen) atoms. The third-order valence-corrected chi connectivity index (χ3v) is 8.30. The predicted molar refractivity (Wildman–Crippen MR) is 115 cm³/mol. The van der Waals surface area contributed by atoms with E-state index in [4.69, 9.17) is 4.74 Å². The molecule has 2 aromatic rings. The summed E-state index contributed by atoms with van der Waals surface area (Å²) >= 11 is 0. The van der Waals surface area contributed by atoms with E-state index in [1.54, 1.807) is 0 Å². The highest BCUT2D eigenvalue weighted by atomic mass is 16.6. The van der Waals surface area contributed by atoms with Gasteiger partial charge in [0, 0.05) is 29.2 Å². The summed E-state index contributed by atoms with van der Waals surface area (Å²) in [4.78, 5) is 25.9. The first-order chi connectivity index (χ1) is 14.4. The van der Waals surface area contributed by atoms with E-state index < -0.39 is 11.9 Å². The first-order valence-corrected chi connectivity index (χ1v) is 11.2. The molecule has 0 unspecified atom stereocenters. The van der Waals surface area contributed by atoms with Crippen molar-refractivity contribution in [3.63, 3.8) is 0 Å². The molecule has 154 valence electrons. The highest BCUT2D eigenvalue weighted by Crippen LogP contribution is 2.58. The molecule has 4 aliphatic carbocycles. The molecule has 5 aliphatic rings. The van der Waals surface area contributed by atoms with Crippen LogP contribution in [0.4, 0.5) is 0 Å². The normalized spacial score (nSPS) is 31.8. The number of aromatic nitrogens is 1. The Morgan fingerprint density at radius 1 is 0.967 bits per heavy atom. The van der Waals surface area contributed by atoms with E-state index in [0.717, 1.165) is 39.6 Å². The first-order valence-electron chi connectivity index (χ1n) is 11.2. The number of carbonyl (C=O) groups excluding carboxylic acids is 2. The number of nitrogens with zero attached hydrogens (tertiary/aromatic N) is 1. The zero-order valence-electron chi connectivity index (χ0n) is 17.8. The predicted octanol–water partition coefficient (Wildman–Crippen LogP) is 5.10. The molecule has 2 heterocycles. The van der Waals surface area contributed by atoms with Gasteiger partial charge in [-0.1, -0.05) is 18.2 Å². The average molecular weight is 402 g/mol. The second-order valence-electron chi connectivity index (χ2n) is 9.85. The lowest BCUT2D eigenvalue weighted by molar-refractivity contribution is -0.149. The van der Waals surface area contributed by atoms with Gasteiger partial charge in [-0.25, -0.2) is 9.59 Å². The average Bonchev–Trinajstić information content (AvgIpc) is 3.14. The standard InChI is InChI=1S/C26H27NO3/c1-13(21-14(2)27(3)20-7-5-4-6-19(20)21)22-24(26(29)30-25(22)28)23-17-9-15-8-16(11-17)12-18(23)10-15/h4-7,15-18H,8-12H2,1-3H3/b22-13-,24-23?. The Morgan fingerprint density at radius 3 is 2.27 bits per heavy atom. The van der Waals surface area contributed by atoms with Crippen molar-refractivity contribution in [1.29, 1.82) is 0 Å². The van der Waals surface area contributed by atoms with Crippen molar-refractivity contribution in [2.45, 2.75) is 46.0 Å². The second kappa shape index (κ2) is 6.19. The van der Waals surface area contributed by atoms with Gasteiger partial charge in [-0.2, -0.15) is 0 Å². The van der Waals surface area contributed by atoms with Crippen molar-refractivity contribution in [3.8, 4) is 0 Å². The summed E-state index contributed by atoms with van der Waals surface area (Å²) in [6.07, 6.45) is 6.05. The van der Waals surface area contributed by atoms with Crippen molar-refractivity contribution in [2.24, 2.45) is 30.7 Å². The Labute approximate surface area is 176 Å². The van der Waals surface area contributed by atoms with Gasteiger partial charge in [-0.3, -0.25) is 0 Å². The molecular formula is C26H27NO3. The number of hydrogen-bond acceptors (Lipinski definition) is 3. The molecule has 4 bridgehead atoms. The number of carbonyl (C=O) groups is 2. The minimum atomic E-state index is -0.471. The van der Waals surface area contributed by atoms with E-state index in [0.29, 0.717) is 23.0 Å². The fourth-order valence-electron chi connectivity index (χ4n) is 7.21. The molecule has 4 saturated carbocycles. The van der Waals surface area contributed by atoms with Gasteiger partial charge in [0.25, 0.3) is 0 Å². The molecule has 0 spiro atoms. The quantitative estimate of drug-likeness (QED) is 0.380. The number of benzene rings is 1. The summed E-state index contributed by atoms with van der Waals surface area (Å²) in [5, 5.41) is 1.11. The lowest BCUT2D eigenvalue weighted by Crippen LogP contribution is -2.41. The fraction of sp³-hybridized carbons (Fsp3) is 0.462. The van der Waals surface area contributed by atoms with Crippen molar-refractivity contribution in [3.05, 3.63) is 52.2 Å². The summed E-state index contributed by atoms with van der Waals surface area (Å²) in [5.74, 6) is 1.62. The molecule has 4 heteroatoms. The summed E-state index contributed by atoms with van der Waals surface area (Å²) in [5.41, 5.74) is 6.52. The van der Waals surface area contributed by atoms with Crippen LogP contribution in [0.25, 0.3) is 16.5 Å². The molecule has 1 aliphatic heterocycles. The van der Waals surface area contributed by atoms with E-state index >= 15 is 0 Å². The van der Waals surface area contributed by atoms with Crippen LogP contribution in [-0.2, 0) is 21.4 Å². The minimum absolute atomic E-state index is 0.422. The van der Waals surface area contributed by atoms with E-state index in [-0.39, 0.29) is 0 Å². The second-order valence-corrected chi connectivity index (χ2v) is 9.85. The van der Waals surface area contributed by atoms with Gasteiger partial charge in [0.1, 0.15) is 0 Å². The molecule has 1 aromatic heterocycles. The summed E-state index contributed by atoms with van der Waals surface area (Å²) < 4.78 is 7.40. The van der Waals surface area contributed by atoms with E-state index in [1.165, 1.54) is 37.7 Å². The molecule has 5 fully saturated rings. The van der Waals surface area contributed by atoms with E-state index in [2.05, 4.69) is 30.7 Å². The maximum Gasteiger partial charge on any atom is 0.347 e. The van der Waals surface area contributed by atoms with Crippen LogP contribution < -0.4 is 0 Å². The maximum absolute atomic E-state index is 13.0. The molecular weight excluding hydrogens is 374 g/mol. The van der Waals surface area contributed by atoms with Crippen molar-refractivity contribution in [1.82, 2.24) is 4.57 Å². The first kappa shape index (κ1) is 18.2. The lowest BCUT2D eigenvalue weighted by Gasteiger charge is -2.51. The summed E-state index contributed by atoms with van der Waals surface area (Å²) in [6, 6.07) is 8.25. The molecule has 0 atom stereocenters. The Bertz CT molecular complexity index is 1160. The summed E-state index contributed by atoms with van der Waals surface area (Å²) in [7, 11) is 2.05. The van der Waals surface area contributed by atoms with Gasteiger partial charge in [0.15, 0.2) is 0 Å². The van der Waals surface area contributed by atoms with Gasteiger partial charge in [-0.05, 0) is 86.8 Å². The van der Waals surface area contributed by atoms with Crippen LogP contribution in [0.15, 0.2) is 41.0 Å². The van der Waals surface area contributed by atoms with Crippen molar-refractivity contribution in [2.75, 3.05) is 0 Å². The van der Waals surface area contributed by atoms with Gasteiger partial charge >= 0.3 is 11.9 Å². The summed E-state index contributed by atoms with van der Waals surface area (Å²) in [6.45, 7) is 4.07. The Morgan fingerprint density at radius 2 is 1.60 bits per heavy atom. The van der Waals surface area contributed by atoms with Crippen LogP contribution in [0, 0.1) is 30.6 Å². The smallest absolute Gasteiger partial charge is 0.347 e. The van der Waals surface area contributed by atoms with Gasteiger partial charge in [0.05, 0.1) is 11.1 Å². The van der Waals surface area contributed by atoms with Crippen LogP contribution >= 0.6 is 0 Å². The minimum Gasteiger partial charge on any atom is -0.386 e. The Kier molecular flexibility index (Phi) is 3.75. The number of para-hydroxylation sites is 1. The van der Waals surface area contributed by atoms with Crippen LogP contribution in [0.1, 0.15) is 50.3 Å². The number of ether oxygens (including phenoxy) is 1. The van der Waals surface area contributed by atoms with E-state index in [9.17, 15) is 9.59 Å². The number of hydrogen-bond donors (Lipinski definition) is 0. The number of cyclic esters (lactones) is 2. The van der Waals surface area contributed by atoms with Crippen LogP contribution in [0.5, 0.6) is 0 Å². The molecule has 0 amide bonds. The van der Waals surface area contributed by atoms with Gasteiger partial charge in [-0.15, -0.1) is 0 Å². The van der Waals surface area contributed by atoms with Crippen LogP contribution in [-0.4, -0.2) is 16.5 Å². The van der Waals surface area contributed by atoms with Crippen molar-refractivity contribution >= 4 is 28.4 Å². The third kappa shape index (κ3) is 2.33. The zero-order valence-corrected chi connectivity index (χ0v) is 17.8. The highest BCUT2D eigenvalue weighted by Gasteiger charge is 2.50. The maximum atomic E-state index is 13.0. The number of aryl methyl sites for hydroxylation is 1. The van der Waals surface area contributed by atoms with Crippen LogP contribution in [0.3, 0.4) is 0 Å². The van der Waals surface area contributed by atoms with Crippen LogP contribution in [0.2, 0.25) is 0 Å². The number of esters is 2.